The minimum atomic E-state index is -1.18. The number of nitrogens with zero attached hydrogens (tertiary/aromatic N) is 1. The number of ether oxygens (including phenoxy) is 1. The second-order valence-corrected chi connectivity index (χ2v) is 12.1. The SMILES string of the molecule is CCCC(C)NC(=O)C(c1ccccc1O)N(C(=O)C(Cc1ccc(O)cc1)NC(=O)OC(C)(C)C)C(C)(C)CC. The molecule has 0 saturated carbocycles. The van der Waals surface area contributed by atoms with Gasteiger partial charge in [-0.3, -0.25) is 9.59 Å². The lowest BCUT2D eigenvalue weighted by Gasteiger charge is -2.45. The van der Waals surface area contributed by atoms with E-state index in [9.17, 15) is 24.6 Å². The van der Waals surface area contributed by atoms with E-state index >= 15 is 0 Å². The Bertz CT molecular complexity index is 1170. The van der Waals surface area contributed by atoms with Gasteiger partial charge in [0.25, 0.3) is 0 Å². The van der Waals surface area contributed by atoms with Crippen molar-refractivity contribution >= 4 is 17.9 Å². The molecule has 0 spiro atoms. The summed E-state index contributed by atoms with van der Waals surface area (Å²) in [7, 11) is 0. The van der Waals surface area contributed by atoms with Gasteiger partial charge in [-0.25, -0.2) is 4.79 Å². The van der Waals surface area contributed by atoms with Crippen LogP contribution in [0.15, 0.2) is 48.5 Å². The number of carbonyl (C=O) groups is 3. The molecule has 4 N–H and O–H groups in total. The average molecular weight is 570 g/mol. The van der Waals surface area contributed by atoms with Gasteiger partial charge in [-0.05, 0) is 78.1 Å². The molecule has 41 heavy (non-hydrogen) atoms. The molecule has 3 amide bonds. The molecule has 226 valence electrons. The van der Waals surface area contributed by atoms with Gasteiger partial charge in [-0.2, -0.15) is 0 Å². The van der Waals surface area contributed by atoms with Gasteiger partial charge in [-0.15, -0.1) is 0 Å². The summed E-state index contributed by atoms with van der Waals surface area (Å²) in [6.07, 6.45) is 1.40. The Labute approximate surface area is 244 Å². The van der Waals surface area contributed by atoms with E-state index in [1.165, 1.54) is 23.1 Å². The zero-order valence-corrected chi connectivity index (χ0v) is 25.7. The third kappa shape index (κ3) is 9.69. The highest BCUT2D eigenvalue weighted by molar-refractivity contribution is 5.93. The van der Waals surface area contributed by atoms with Gasteiger partial charge < -0.3 is 30.5 Å². The fourth-order valence-electron chi connectivity index (χ4n) is 4.57. The first-order valence-corrected chi connectivity index (χ1v) is 14.3. The summed E-state index contributed by atoms with van der Waals surface area (Å²) in [4.78, 5) is 43.0. The molecule has 0 heterocycles. The van der Waals surface area contributed by atoms with E-state index in [1.54, 1.807) is 51.1 Å². The van der Waals surface area contributed by atoms with Crippen molar-refractivity contribution in [2.45, 2.75) is 110 Å². The van der Waals surface area contributed by atoms with E-state index < -0.39 is 41.1 Å². The first-order valence-electron chi connectivity index (χ1n) is 14.3. The quantitative estimate of drug-likeness (QED) is 0.264. The summed E-state index contributed by atoms with van der Waals surface area (Å²) < 4.78 is 5.48. The molecule has 0 aliphatic heterocycles. The zero-order valence-electron chi connectivity index (χ0n) is 25.7. The summed E-state index contributed by atoms with van der Waals surface area (Å²) in [6.45, 7) is 14.7. The van der Waals surface area contributed by atoms with Gasteiger partial charge in [-0.1, -0.05) is 50.6 Å². The van der Waals surface area contributed by atoms with Crippen LogP contribution in [0.5, 0.6) is 11.5 Å². The highest BCUT2D eigenvalue weighted by Gasteiger charge is 2.44. The number of hydrogen-bond acceptors (Lipinski definition) is 6. The van der Waals surface area contributed by atoms with E-state index in [0.717, 1.165) is 12.8 Å². The average Bonchev–Trinajstić information content (AvgIpc) is 2.87. The van der Waals surface area contributed by atoms with Crippen LogP contribution in [0.2, 0.25) is 0 Å². The van der Waals surface area contributed by atoms with Crippen molar-refractivity contribution in [3.63, 3.8) is 0 Å². The molecule has 0 aromatic heterocycles. The maximum Gasteiger partial charge on any atom is 0.408 e. The van der Waals surface area contributed by atoms with E-state index in [2.05, 4.69) is 10.6 Å². The molecule has 0 radical (unpaired) electrons. The summed E-state index contributed by atoms with van der Waals surface area (Å²) in [5, 5.41) is 26.4. The van der Waals surface area contributed by atoms with Gasteiger partial charge in [0, 0.05) is 23.6 Å². The van der Waals surface area contributed by atoms with Gasteiger partial charge in [0.15, 0.2) is 0 Å². The predicted octanol–water partition coefficient (Wildman–Crippen LogP) is 5.60. The van der Waals surface area contributed by atoms with Crippen molar-refractivity contribution in [2.75, 3.05) is 0 Å². The number of phenolic OH excluding ortho intramolecular Hbond substituents is 2. The number of nitrogens with one attached hydrogen (secondary N) is 2. The first kappa shape index (κ1) is 33.5. The Morgan fingerprint density at radius 2 is 1.54 bits per heavy atom. The molecule has 3 unspecified atom stereocenters. The monoisotopic (exact) mass is 569 g/mol. The lowest BCUT2D eigenvalue weighted by molar-refractivity contribution is -0.149. The number of alkyl carbamates (subject to hydrolysis) is 1. The third-order valence-electron chi connectivity index (χ3n) is 6.97. The van der Waals surface area contributed by atoms with Gasteiger partial charge in [0.2, 0.25) is 11.8 Å². The fourth-order valence-corrected chi connectivity index (χ4v) is 4.57. The molecule has 9 heteroatoms. The molecule has 2 rings (SSSR count). The number of rotatable bonds is 12. The van der Waals surface area contributed by atoms with Gasteiger partial charge in [0.05, 0.1) is 0 Å². The minimum Gasteiger partial charge on any atom is -0.508 e. The van der Waals surface area contributed by atoms with E-state index in [1.807, 2.05) is 34.6 Å². The van der Waals surface area contributed by atoms with Crippen molar-refractivity contribution in [3.8, 4) is 11.5 Å². The summed E-state index contributed by atoms with van der Waals surface area (Å²) in [6, 6.07) is 10.4. The topological polar surface area (TPSA) is 128 Å². The van der Waals surface area contributed by atoms with Crippen LogP contribution < -0.4 is 10.6 Å². The second kappa shape index (κ2) is 14.2. The Hall–Kier alpha value is -3.75. The molecule has 2 aromatic rings. The molecule has 0 fully saturated rings. The number of hydrogen-bond donors (Lipinski definition) is 4. The molecule has 3 atom stereocenters. The van der Waals surface area contributed by atoms with Crippen molar-refractivity contribution in [1.29, 1.82) is 0 Å². The van der Waals surface area contributed by atoms with Crippen LogP contribution in [-0.2, 0) is 20.7 Å². The van der Waals surface area contributed by atoms with Crippen LogP contribution in [0.3, 0.4) is 0 Å². The Kier molecular flexibility index (Phi) is 11.6. The summed E-state index contributed by atoms with van der Waals surface area (Å²) in [5.41, 5.74) is -0.694. The molecule has 9 nitrogen and oxygen atoms in total. The van der Waals surface area contributed by atoms with Crippen molar-refractivity contribution in [3.05, 3.63) is 59.7 Å². The Morgan fingerprint density at radius 1 is 0.927 bits per heavy atom. The molecule has 0 aliphatic rings. The molecule has 0 saturated heterocycles. The fraction of sp³-hybridized carbons (Fsp3) is 0.531. The Balaban J connectivity index is 2.67. The molecular weight excluding hydrogens is 522 g/mol. The number of carbonyl (C=O) groups excluding carboxylic acids is 3. The van der Waals surface area contributed by atoms with Crippen LogP contribution in [0.1, 0.15) is 91.8 Å². The predicted molar refractivity (Wildman–Crippen MR) is 160 cm³/mol. The molecule has 2 aromatic carbocycles. The number of benzene rings is 2. The third-order valence-corrected chi connectivity index (χ3v) is 6.97. The Morgan fingerprint density at radius 3 is 2.07 bits per heavy atom. The van der Waals surface area contributed by atoms with E-state index in [4.69, 9.17) is 4.74 Å². The normalized spacial score (nSPS) is 14.0. The minimum absolute atomic E-state index is 0.0722. The van der Waals surface area contributed by atoms with Gasteiger partial charge >= 0.3 is 6.09 Å². The zero-order chi connectivity index (χ0) is 31.0. The van der Waals surface area contributed by atoms with Crippen molar-refractivity contribution in [2.24, 2.45) is 0 Å². The van der Waals surface area contributed by atoms with E-state index in [0.29, 0.717) is 12.0 Å². The molecular formula is C32H47N3O6. The maximum absolute atomic E-state index is 14.6. The number of phenols is 2. The largest absolute Gasteiger partial charge is 0.508 e. The highest BCUT2D eigenvalue weighted by atomic mass is 16.6. The van der Waals surface area contributed by atoms with Crippen molar-refractivity contribution < 1.29 is 29.3 Å². The second-order valence-electron chi connectivity index (χ2n) is 12.1. The van der Waals surface area contributed by atoms with E-state index in [-0.39, 0.29) is 29.5 Å². The van der Waals surface area contributed by atoms with Crippen LogP contribution in [0.25, 0.3) is 0 Å². The highest BCUT2D eigenvalue weighted by Crippen LogP contribution is 2.36. The molecule has 0 aliphatic carbocycles. The molecule has 0 bridgehead atoms. The number of aromatic hydroxyl groups is 2. The van der Waals surface area contributed by atoms with Gasteiger partial charge in [0.1, 0.15) is 29.2 Å². The van der Waals surface area contributed by atoms with Crippen molar-refractivity contribution in [1.82, 2.24) is 15.5 Å². The van der Waals surface area contributed by atoms with Crippen LogP contribution in [-0.4, -0.2) is 56.2 Å². The lowest BCUT2D eigenvalue weighted by Crippen LogP contribution is -2.60. The standard InChI is InChI=1S/C32H47N3O6/c1-9-13-21(3)33-28(38)27(24-14-11-12-15-26(24)37)35(32(7,8)10-2)29(39)25(34-30(40)41-31(4,5)6)20-22-16-18-23(36)19-17-22/h11-12,14-19,21,25,27,36-37H,9-10,13,20H2,1-8H3,(H,33,38)(H,34,40). The summed E-state index contributed by atoms with van der Waals surface area (Å²) >= 11 is 0. The lowest BCUT2D eigenvalue weighted by atomic mass is 9.90. The smallest absolute Gasteiger partial charge is 0.408 e. The van der Waals surface area contributed by atoms with Crippen LogP contribution in [0.4, 0.5) is 4.79 Å². The van der Waals surface area contributed by atoms with Crippen LogP contribution in [0, 0.1) is 0 Å². The van der Waals surface area contributed by atoms with Crippen LogP contribution >= 0.6 is 0 Å². The first-order chi connectivity index (χ1) is 19.1. The maximum atomic E-state index is 14.6. The number of amides is 3. The number of para-hydroxylation sites is 1. The summed E-state index contributed by atoms with van der Waals surface area (Å²) in [5.74, 6) is -0.982.